The number of nitrogens with zero attached hydrogens (tertiary/aromatic N) is 1. The smallest absolute Gasteiger partial charge is 0.305 e. The Balaban J connectivity index is 1.21. The molecule has 3 aromatic carbocycles. The maximum absolute atomic E-state index is 11.9. The van der Waals surface area contributed by atoms with Crippen LogP contribution in [0.5, 0.6) is 5.75 Å². The van der Waals surface area contributed by atoms with E-state index in [2.05, 4.69) is 43.3 Å². The molecule has 8 nitrogen and oxygen atoms in total. The first-order valence-corrected chi connectivity index (χ1v) is 14.7. The molecule has 1 aliphatic heterocycles. The van der Waals surface area contributed by atoms with Crippen LogP contribution in [0.3, 0.4) is 0 Å². The molecule has 2 N–H and O–H groups in total. The summed E-state index contributed by atoms with van der Waals surface area (Å²) in [6.07, 6.45) is 2.12. The number of carbonyl (C=O) groups is 1. The first-order chi connectivity index (χ1) is 20.6. The highest BCUT2D eigenvalue weighted by molar-refractivity contribution is 5.96. The minimum atomic E-state index is -0.447. The van der Waals surface area contributed by atoms with E-state index in [4.69, 9.17) is 34.4 Å². The molecule has 1 aliphatic rings. The summed E-state index contributed by atoms with van der Waals surface area (Å²) in [5.74, 6) is 1.14. The van der Waals surface area contributed by atoms with Crippen LogP contribution >= 0.6 is 0 Å². The summed E-state index contributed by atoms with van der Waals surface area (Å²) in [5.41, 5.74) is 8.13. The van der Waals surface area contributed by atoms with Gasteiger partial charge in [0.15, 0.2) is 6.10 Å². The summed E-state index contributed by atoms with van der Waals surface area (Å²) < 4.78 is 28.3. The van der Waals surface area contributed by atoms with Gasteiger partial charge in [-0.1, -0.05) is 60.7 Å². The quantitative estimate of drug-likeness (QED) is 0.163. The molecule has 4 rings (SSSR count). The van der Waals surface area contributed by atoms with Crippen molar-refractivity contribution in [3.05, 3.63) is 102 Å². The fourth-order valence-electron chi connectivity index (χ4n) is 4.81. The summed E-state index contributed by atoms with van der Waals surface area (Å²) in [5, 5.41) is 0. The third-order valence-corrected chi connectivity index (χ3v) is 6.88. The Morgan fingerprint density at radius 3 is 2.24 bits per heavy atom. The fraction of sp³-hybridized carbons (Fsp3) is 0.412. The average Bonchev–Trinajstić information content (AvgIpc) is 3.36. The van der Waals surface area contributed by atoms with Crippen LogP contribution in [0.25, 0.3) is 0 Å². The summed E-state index contributed by atoms with van der Waals surface area (Å²) in [6, 6.07) is 28.4. The Labute approximate surface area is 248 Å². The second kappa shape index (κ2) is 16.7. The van der Waals surface area contributed by atoms with E-state index >= 15 is 0 Å². The zero-order valence-corrected chi connectivity index (χ0v) is 24.4. The van der Waals surface area contributed by atoms with Gasteiger partial charge in [-0.15, -0.1) is 0 Å². The van der Waals surface area contributed by atoms with Crippen molar-refractivity contribution in [3.63, 3.8) is 0 Å². The number of ether oxygens (including phenoxy) is 5. The molecule has 0 aromatic heterocycles. The van der Waals surface area contributed by atoms with Crippen molar-refractivity contribution in [3.8, 4) is 5.75 Å². The SMILES string of the molecule is C[C@@]1(Cc2ccccc2)N=C(c2ccc(OCCCOC(=O)CCCOCCOCCN)cc2)O[C@H]1c1ccccc1. The Kier molecular flexibility index (Phi) is 12.4. The molecule has 0 aliphatic carbocycles. The molecule has 3 aromatic rings. The molecule has 0 spiro atoms. The van der Waals surface area contributed by atoms with Gasteiger partial charge in [0.1, 0.15) is 11.3 Å². The maximum Gasteiger partial charge on any atom is 0.305 e. The molecule has 0 amide bonds. The van der Waals surface area contributed by atoms with Crippen LogP contribution in [0, 0.1) is 0 Å². The Morgan fingerprint density at radius 2 is 1.52 bits per heavy atom. The first kappa shape index (κ1) is 31.2. The van der Waals surface area contributed by atoms with Crippen LogP contribution in [0.1, 0.15) is 49.0 Å². The zero-order chi connectivity index (χ0) is 29.5. The van der Waals surface area contributed by atoms with Gasteiger partial charge >= 0.3 is 5.97 Å². The van der Waals surface area contributed by atoms with Crippen molar-refractivity contribution in [2.24, 2.45) is 10.7 Å². The summed E-state index contributed by atoms with van der Waals surface area (Å²) in [7, 11) is 0. The third kappa shape index (κ3) is 9.69. The van der Waals surface area contributed by atoms with E-state index < -0.39 is 5.54 Å². The van der Waals surface area contributed by atoms with Crippen LogP contribution in [0.4, 0.5) is 0 Å². The van der Waals surface area contributed by atoms with E-state index in [0.29, 0.717) is 71.3 Å². The van der Waals surface area contributed by atoms with E-state index in [9.17, 15) is 4.79 Å². The highest BCUT2D eigenvalue weighted by atomic mass is 16.5. The highest BCUT2D eigenvalue weighted by Crippen LogP contribution is 2.41. The molecule has 42 heavy (non-hydrogen) atoms. The zero-order valence-electron chi connectivity index (χ0n) is 24.4. The molecule has 8 heteroatoms. The largest absolute Gasteiger partial charge is 0.493 e. The second-order valence-corrected chi connectivity index (χ2v) is 10.4. The van der Waals surface area contributed by atoms with Gasteiger partial charge < -0.3 is 29.4 Å². The lowest BCUT2D eigenvalue weighted by Gasteiger charge is -2.28. The fourth-order valence-corrected chi connectivity index (χ4v) is 4.81. The molecule has 0 radical (unpaired) electrons. The van der Waals surface area contributed by atoms with Crippen molar-refractivity contribution < 1.29 is 28.5 Å². The number of hydrogen-bond acceptors (Lipinski definition) is 8. The topological polar surface area (TPSA) is 102 Å². The number of esters is 1. The monoisotopic (exact) mass is 574 g/mol. The number of rotatable bonds is 18. The van der Waals surface area contributed by atoms with Gasteiger partial charge in [-0.2, -0.15) is 0 Å². The van der Waals surface area contributed by atoms with Crippen LogP contribution in [0.2, 0.25) is 0 Å². The maximum atomic E-state index is 11.9. The standard InChI is InChI=1S/C34H42N2O6/c1-34(26-27-10-4-2-5-11-27)32(28-12-6-3-7-13-28)42-33(36-34)29-15-17-30(18-16-29)40-21-9-22-41-31(37)14-8-20-38-24-25-39-23-19-35/h2-7,10-13,15-18,32H,8-9,14,19-26,35H2,1H3/t32-,34-/m0/s1. The van der Waals surface area contributed by atoms with Crippen molar-refractivity contribution >= 4 is 11.9 Å². The molecule has 0 fully saturated rings. The van der Waals surface area contributed by atoms with Gasteiger partial charge in [0.05, 0.1) is 33.0 Å². The van der Waals surface area contributed by atoms with Crippen molar-refractivity contribution in [1.82, 2.24) is 0 Å². The van der Waals surface area contributed by atoms with E-state index in [0.717, 1.165) is 23.3 Å². The normalized spacial score (nSPS) is 17.9. The lowest BCUT2D eigenvalue weighted by Crippen LogP contribution is -2.30. The average molecular weight is 575 g/mol. The second-order valence-electron chi connectivity index (χ2n) is 10.4. The summed E-state index contributed by atoms with van der Waals surface area (Å²) >= 11 is 0. The van der Waals surface area contributed by atoms with E-state index in [1.807, 2.05) is 48.5 Å². The van der Waals surface area contributed by atoms with E-state index in [1.54, 1.807) is 0 Å². The molecule has 0 saturated carbocycles. The number of benzene rings is 3. The lowest BCUT2D eigenvalue weighted by atomic mass is 9.85. The van der Waals surface area contributed by atoms with Crippen LogP contribution < -0.4 is 10.5 Å². The van der Waals surface area contributed by atoms with E-state index in [-0.39, 0.29) is 12.1 Å². The number of carbonyl (C=O) groups excluding carboxylic acids is 1. The predicted octanol–water partition coefficient (Wildman–Crippen LogP) is 5.29. The first-order valence-electron chi connectivity index (χ1n) is 14.7. The molecule has 1 heterocycles. The van der Waals surface area contributed by atoms with Gasteiger partial charge in [-0.05, 0) is 48.7 Å². The molecular formula is C34H42N2O6. The van der Waals surface area contributed by atoms with Gasteiger partial charge in [-0.3, -0.25) is 4.79 Å². The number of aliphatic imine (C=N–C) groups is 1. The molecule has 224 valence electrons. The van der Waals surface area contributed by atoms with Crippen LogP contribution in [0.15, 0.2) is 89.9 Å². The Bertz CT molecular complexity index is 1240. The molecule has 2 atom stereocenters. The van der Waals surface area contributed by atoms with E-state index in [1.165, 1.54) is 5.56 Å². The Hall–Kier alpha value is -3.72. The van der Waals surface area contributed by atoms with Gasteiger partial charge in [-0.25, -0.2) is 4.99 Å². The molecule has 0 saturated heterocycles. The lowest BCUT2D eigenvalue weighted by molar-refractivity contribution is -0.144. The van der Waals surface area contributed by atoms with Crippen molar-refractivity contribution in [2.75, 3.05) is 46.2 Å². The summed E-state index contributed by atoms with van der Waals surface area (Å²) in [4.78, 5) is 17.0. The van der Waals surface area contributed by atoms with Crippen molar-refractivity contribution in [1.29, 1.82) is 0 Å². The minimum absolute atomic E-state index is 0.193. The predicted molar refractivity (Wildman–Crippen MR) is 163 cm³/mol. The Morgan fingerprint density at radius 1 is 0.833 bits per heavy atom. The van der Waals surface area contributed by atoms with Gasteiger partial charge in [0.2, 0.25) is 5.90 Å². The molecular weight excluding hydrogens is 532 g/mol. The summed E-state index contributed by atoms with van der Waals surface area (Å²) in [6.45, 7) is 5.45. The van der Waals surface area contributed by atoms with Crippen LogP contribution in [-0.2, 0) is 30.2 Å². The third-order valence-electron chi connectivity index (χ3n) is 6.88. The molecule has 0 bridgehead atoms. The van der Waals surface area contributed by atoms with Crippen molar-refractivity contribution in [2.45, 2.75) is 44.2 Å². The molecule has 0 unspecified atom stereocenters. The number of hydrogen-bond donors (Lipinski definition) is 1. The number of nitrogens with two attached hydrogens (primary N) is 1. The van der Waals surface area contributed by atoms with Crippen LogP contribution in [-0.4, -0.2) is 63.6 Å². The van der Waals surface area contributed by atoms with Gasteiger partial charge in [0.25, 0.3) is 0 Å². The minimum Gasteiger partial charge on any atom is -0.493 e. The van der Waals surface area contributed by atoms with Gasteiger partial charge in [0, 0.05) is 38.0 Å². The highest BCUT2D eigenvalue weighted by Gasteiger charge is 2.43.